The highest BCUT2D eigenvalue weighted by Crippen LogP contribution is 2.22. The summed E-state index contributed by atoms with van der Waals surface area (Å²) in [6, 6.07) is 0.423. The Morgan fingerprint density at radius 1 is 1.55 bits per heavy atom. The fourth-order valence-corrected chi connectivity index (χ4v) is 2.84. The minimum absolute atomic E-state index is 0.0597. The van der Waals surface area contributed by atoms with Gasteiger partial charge in [-0.1, -0.05) is 0 Å². The maximum atomic E-state index is 12.3. The molecule has 7 heteroatoms. The van der Waals surface area contributed by atoms with Gasteiger partial charge >= 0.3 is 0 Å². The predicted molar refractivity (Wildman–Crippen MR) is 84.4 cm³/mol. The molecule has 112 valence electrons. The summed E-state index contributed by atoms with van der Waals surface area (Å²) in [7, 11) is 3.97. The molecule has 6 nitrogen and oxygen atoms in total. The Bertz CT molecular complexity index is 516. The van der Waals surface area contributed by atoms with Gasteiger partial charge in [-0.15, -0.1) is 0 Å². The number of likely N-dealkylation sites (N-methyl/N-ethyl adjacent to an activating group) is 1. The highest BCUT2D eigenvalue weighted by atomic mass is 79.9. The Balaban J connectivity index is 2.20. The molecule has 0 aromatic carbocycles. The zero-order valence-corrected chi connectivity index (χ0v) is 13.9. The lowest BCUT2D eigenvalue weighted by molar-refractivity contribution is 0.367. The summed E-state index contributed by atoms with van der Waals surface area (Å²) in [6.07, 6.45) is 1.79. The van der Waals surface area contributed by atoms with Gasteiger partial charge in [-0.2, -0.15) is 5.10 Å². The third kappa shape index (κ3) is 3.59. The average Bonchev–Trinajstić information content (AvgIpc) is 2.40. The van der Waals surface area contributed by atoms with E-state index in [-0.39, 0.29) is 5.56 Å². The molecule has 0 spiro atoms. The zero-order chi connectivity index (χ0) is 14.7. The second kappa shape index (κ2) is 6.69. The van der Waals surface area contributed by atoms with Crippen LogP contribution in [0.4, 0.5) is 5.69 Å². The van der Waals surface area contributed by atoms with E-state index in [4.69, 9.17) is 0 Å². The van der Waals surface area contributed by atoms with Crippen molar-refractivity contribution in [2.75, 3.05) is 45.2 Å². The molecule has 20 heavy (non-hydrogen) atoms. The van der Waals surface area contributed by atoms with Crippen molar-refractivity contribution in [1.82, 2.24) is 20.0 Å². The number of anilines is 1. The topological polar surface area (TPSA) is 53.4 Å². The van der Waals surface area contributed by atoms with Gasteiger partial charge in [-0.25, -0.2) is 4.68 Å². The second-order valence-corrected chi connectivity index (χ2v) is 6.27. The summed E-state index contributed by atoms with van der Waals surface area (Å²) >= 11 is 3.44. The quantitative estimate of drug-likeness (QED) is 0.855. The molecule has 1 aliphatic heterocycles. The molecule has 0 bridgehead atoms. The van der Waals surface area contributed by atoms with E-state index in [1.165, 1.54) is 4.68 Å². The minimum atomic E-state index is -0.0597. The van der Waals surface area contributed by atoms with Gasteiger partial charge in [-0.05, 0) is 36.9 Å². The molecule has 0 aliphatic carbocycles. The summed E-state index contributed by atoms with van der Waals surface area (Å²) in [5, 5.41) is 7.69. The molecule has 0 saturated carbocycles. The summed E-state index contributed by atoms with van der Waals surface area (Å²) in [5.41, 5.74) is 0.833. The van der Waals surface area contributed by atoms with Gasteiger partial charge in [0.25, 0.3) is 5.56 Å². The number of hydrogen-bond acceptors (Lipinski definition) is 5. The van der Waals surface area contributed by atoms with Gasteiger partial charge < -0.3 is 15.1 Å². The van der Waals surface area contributed by atoms with Crippen molar-refractivity contribution in [2.24, 2.45) is 0 Å². The van der Waals surface area contributed by atoms with Crippen molar-refractivity contribution in [2.45, 2.75) is 19.5 Å². The van der Waals surface area contributed by atoms with Crippen molar-refractivity contribution in [3.05, 3.63) is 21.0 Å². The SMILES string of the molecule is C[C@@H]1CN(c2cnn(CCN(C)C)c(=O)c2Br)CCN1. The Morgan fingerprint density at radius 3 is 2.95 bits per heavy atom. The normalized spacial score (nSPS) is 19.6. The van der Waals surface area contributed by atoms with Crippen LogP contribution >= 0.6 is 15.9 Å². The average molecular weight is 344 g/mol. The lowest BCUT2D eigenvalue weighted by Crippen LogP contribution is -2.49. The number of hydrogen-bond donors (Lipinski definition) is 1. The second-order valence-electron chi connectivity index (χ2n) is 5.48. The Morgan fingerprint density at radius 2 is 2.30 bits per heavy atom. The predicted octanol–water partition coefficient (Wildman–Crippen LogP) is 0.366. The van der Waals surface area contributed by atoms with Crippen LogP contribution in [0.1, 0.15) is 6.92 Å². The van der Waals surface area contributed by atoms with Crippen molar-refractivity contribution in [1.29, 1.82) is 0 Å². The first-order chi connectivity index (χ1) is 9.49. The van der Waals surface area contributed by atoms with Crippen LogP contribution in [0.3, 0.4) is 0 Å². The van der Waals surface area contributed by atoms with Gasteiger partial charge in [0.2, 0.25) is 0 Å². The first-order valence-electron chi connectivity index (χ1n) is 6.87. The smallest absolute Gasteiger partial charge is 0.283 e. The first-order valence-corrected chi connectivity index (χ1v) is 7.67. The zero-order valence-electron chi connectivity index (χ0n) is 12.3. The van der Waals surface area contributed by atoms with Gasteiger partial charge in [0.15, 0.2) is 0 Å². The monoisotopic (exact) mass is 343 g/mol. The summed E-state index contributed by atoms with van der Waals surface area (Å²) in [6.45, 7) is 6.25. The van der Waals surface area contributed by atoms with Crippen molar-refractivity contribution in [3.63, 3.8) is 0 Å². The molecule has 1 fully saturated rings. The van der Waals surface area contributed by atoms with E-state index < -0.39 is 0 Å². The molecule has 0 unspecified atom stereocenters. The summed E-state index contributed by atoms with van der Waals surface area (Å²) < 4.78 is 2.12. The first kappa shape index (κ1) is 15.5. The summed E-state index contributed by atoms with van der Waals surface area (Å²) in [5.74, 6) is 0. The molecule has 1 saturated heterocycles. The molecule has 1 aliphatic rings. The van der Waals surface area contributed by atoms with E-state index in [9.17, 15) is 4.79 Å². The van der Waals surface area contributed by atoms with Crippen LogP contribution < -0.4 is 15.8 Å². The minimum Gasteiger partial charge on any atom is -0.366 e. The molecular formula is C13H22BrN5O. The molecule has 1 aromatic heterocycles. The van der Waals surface area contributed by atoms with Gasteiger partial charge in [-0.3, -0.25) is 4.79 Å². The van der Waals surface area contributed by atoms with Crippen molar-refractivity contribution in [3.8, 4) is 0 Å². The number of nitrogens with one attached hydrogen (secondary N) is 1. The van der Waals surface area contributed by atoms with E-state index >= 15 is 0 Å². The fraction of sp³-hybridized carbons (Fsp3) is 0.692. The maximum absolute atomic E-state index is 12.3. The van der Waals surface area contributed by atoms with Gasteiger partial charge in [0.1, 0.15) is 4.47 Å². The van der Waals surface area contributed by atoms with E-state index in [1.54, 1.807) is 6.20 Å². The Labute approximate surface area is 127 Å². The highest BCUT2D eigenvalue weighted by molar-refractivity contribution is 9.10. The molecule has 1 N–H and O–H groups in total. The number of rotatable bonds is 4. The van der Waals surface area contributed by atoms with Gasteiger partial charge in [0, 0.05) is 32.2 Å². The number of nitrogens with zero attached hydrogens (tertiary/aromatic N) is 4. The number of piperazine rings is 1. The van der Waals surface area contributed by atoms with E-state index in [0.29, 0.717) is 17.1 Å². The molecule has 1 aromatic rings. The Kier molecular flexibility index (Phi) is 5.17. The molecule has 2 rings (SSSR count). The number of aromatic nitrogens is 2. The van der Waals surface area contributed by atoms with Crippen LogP contribution in [0.15, 0.2) is 15.5 Å². The van der Waals surface area contributed by atoms with Crippen LogP contribution in [0.5, 0.6) is 0 Å². The van der Waals surface area contributed by atoms with Crippen LogP contribution in [-0.2, 0) is 6.54 Å². The van der Waals surface area contributed by atoms with E-state index in [0.717, 1.165) is 31.9 Å². The lowest BCUT2D eigenvalue weighted by Gasteiger charge is -2.33. The summed E-state index contributed by atoms with van der Waals surface area (Å²) in [4.78, 5) is 16.6. The number of halogens is 1. The third-order valence-electron chi connectivity index (χ3n) is 3.43. The lowest BCUT2D eigenvalue weighted by atomic mass is 10.2. The van der Waals surface area contributed by atoms with E-state index in [1.807, 2.05) is 19.0 Å². The van der Waals surface area contributed by atoms with Crippen molar-refractivity contribution < 1.29 is 0 Å². The highest BCUT2D eigenvalue weighted by Gasteiger charge is 2.20. The fourth-order valence-electron chi connectivity index (χ4n) is 2.28. The largest absolute Gasteiger partial charge is 0.366 e. The standard InChI is InChI=1S/C13H22BrN5O/c1-10-9-18(5-4-15-10)11-8-16-19(7-6-17(2)3)13(20)12(11)14/h8,10,15H,4-7,9H2,1-3H3/t10-/m1/s1. The molecule has 0 radical (unpaired) electrons. The van der Waals surface area contributed by atoms with E-state index in [2.05, 4.69) is 38.2 Å². The maximum Gasteiger partial charge on any atom is 0.283 e. The van der Waals surface area contributed by atoms with Crippen LogP contribution in [-0.4, -0.2) is 61.0 Å². The van der Waals surface area contributed by atoms with Crippen molar-refractivity contribution >= 4 is 21.6 Å². The van der Waals surface area contributed by atoms with Gasteiger partial charge in [0.05, 0.1) is 18.4 Å². The third-order valence-corrected chi connectivity index (χ3v) is 4.18. The molecular weight excluding hydrogens is 322 g/mol. The van der Waals surface area contributed by atoms with Crippen LogP contribution in [0, 0.1) is 0 Å². The molecule has 0 amide bonds. The molecule has 1 atom stereocenters. The van der Waals surface area contributed by atoms with Crippen LogP contribution in [0.2, 0.25) is 0 Å². The molecule has 2 heterocycles. The van der Waals surface area contributed by atoms with Crippen LogP contribution in [0.25, 0.3) is 0 Å². The Hall–Kier alpha value is -0.920.